The molecule has 8 nitrogen and oxygen atoms in total. The molecule has 0 aliphatic carbocycles. The molecule has 2 aromatic rings. The van der Waals surface area contributed by atoms with E-state index in [4.69, 9.17) is 4.74 Å². The molecule has 0 fully saturated rings. The predicted octanol–water partition coefficient (Wildman–Crippen LogP) is 3.97. The van der Waals surface area contributed by atoms with Gasteiger partial charge in [-0.05, 0) is 37.0 Å². The molecule has 9 heteroatoms. The Bertz CT molecular complexity index is 1080. The summed E-state index contributed by atoms with van der Waals surface area (Å²) in [7, 11) is -2.05. The van der Waals surface area contributed by atoms with Crippen molar-refractivity contribution >= 4 is 27.5 Å². The zero-order chi connectivity index (χ0) is 26.6. The molecule has 36 heavy (non-hydrogen) atoms. The van der Waals surface area contributed by atoms with Crippen molar-refractivity contribution in [3.05, 3.63) is 60.2 Å². The SMILES string of the molecule is CCCCNC(=O)[C@@H](CC)N(Cc1ccccc1)C(=O)CCCN(c1cccc(OC)c1)S(C)(=O)=O. The minimum Gasteiger partial charge on any atom is -0.497 e. The molecule has 0 radical (unpaired) electrons. The number of sulfonamides is 1. The average molecular weight is 518 g/mol. The molecule has 2 aromatic carbocycles. The number of hydrogen-bond acceptors (Lipinski definition) is 5. The van der Waals surface area contributed by atoms with E-state index in [0.29, 0.717) is 37.4 Å². The maximum absolute atomic E-state index is 13.4. The molecule has 0 saturated heterocycles. The molecule has 0 bridgehead atoms. The second-order valence-electron chi connectivity index (χ2n) is 8.72. The minimum absolute atomic E-state index is 0.113. The molecule has 0 aliphatic rings. The van der Waals surface area contributed by atoms with Crippen molar-refractivity contribution in [3.63, 3.8) is 0 Å². The van der Waals surface area contributed by atoms with Crippen LogP contribution in [0.15, 0.2) is 54.6 Å². The fraction of sp³-hybridized carbons (Fsp3) is 0.481. The van der Waals surface area contributed by atoms with Crippen LogP contribution in [0.1, 0.15) is 51.5 Å². The summed E-state index contributed by atoms with van der Waals surface area (Å²) in [6.45, 7) is 4.97. The van der Waals surface area contributed by atoms with Crippen LogP contribution in [-0.4, -0.2) is 57.6 Å². The first-order chi connectivity index (χ1) is 17.2. The zero-order valence-corrected chi connectivity index (χ0v) is 22.6. The largest absolute Gasteiger partial charge is 0.497 e. The number of nitrogens with zero attached hydrogens (tertiary/aromatic N) is 2. The Morgan fingerprint density at radius 1 is 1.03 bits per heavy atom. The molecule has 2 rings (SSSR count). The topological polar surface area (TPSA) is 96.0 Å². The van der Waals surface area contributed by atoms with Crippen molar-refractivity contribution in [1.82, 2.24) is 10.2 Å². The monoisotopic (exact) mass is 517 g/mol. The highest BCUT2D eigenvalue weighted by molar-refractivity contribution is 7.92. The lowest BCUT2D eigenvalue weighted by Gasteiger charge is -2.31. The summed E-state index contributed by atoms with van der Waals surface area (Å²) < 4.78 is 31.5. The summed E-state index contributed by atoms with van der Waals surface area (Å²) in [6.07, 6.45) is 3.89. The number of nitrogens with one attached hydrogen (secondary N) is 1. The van der Waals surface area contributed by atoms with Gasteiger partial charge in [0, 0.05) is 32.1 Å². The molecule has 0 unspecified atom stereocenters. The van der Waals surface area contributed by atoms with Crippen molar-refractivity contribution in [2.75, 3.05) is 30.8 Å². The first-order valence-electron chi connectivity index (χ1n) is 12.4. The number of amides is 2. The number of anilines is 1. The predicted molar refractivity (Wildman–Crippen MR) is 143 cm³/mol. The third-order valence-corrected chi connectivity index (χ3v) is 7.10. The number of unbranched alkanes of at least 4 members (excludes halogenated alkanes) is 1. The van der Waals surface area contributed by atoms with Gasteiger partial charge in [-0.2, -0.15) is 0 Å². The molecule has 0 spiro atoms. The lowest BCUT2D eigenvalue weighted by Crippen LogP contribution is -2.49. The van der Waals surface area contributed by atoms with Gasteiger partial charge in [0.05, 0.1) is 19.1 Å². The summed E-state index contributed by atoms with van der Waals surface area (Å²) in [5, 5.41) is 2.95. The Labute approximate surface area is 215 Å². The summed E-state index contributed by atoms with van der Waals surface area (Å²) in [5.41, 5.74) is 1.41. The smallest absolute Gasteiger partial charge is 0.242 e. The van der Waals surface area contributed by atoms with Crippen molar-refractivity contribution < 1.29 is 22.7 Å². The van der Waals surface area contributed by atoms with E-state index in [1.807, 2.05) is 37.3 Å². The van der Waals surface area contributed by atoms with Crippen LogP contribution in [-0.2, 0) is 26.2 Å². The van der Waals surface area contributed by atoms with Gasteiger partial charge in [-0.15, -0.1) is 0 Å². The quantitative estimate of drug-likeness (QED) is 0.361. The Morgan fingerprint density at radius 3 is 2.36 bits per heavy atom. The van der Waals surface area contributed by atoms with E-state index >= 15 is 0 Å². The van der Waals surface area contributed by atoms with E-state index in [1.54, 1.807) is 29.2 Å². The highest BCUT2D eigenvalue weighted by Gasteiger charge is 2.28. The number of benzene rings is 2. The number of methoxy groups -OCH3 is 1. The van der Waals surface area contributed by atoms with E-state index in [-0.39, 0.29) is 24.8 Å². The molecule has 0 aromatic heterocycles. The third kappa shape index (κ3) is 8.86. The van der Waals surface area contributed by atoms with Crippen LogP contribution in [0, 0.1) is 0 Å². The fourth-order valence-electron chi connectivity index (χ4n) is 3.98. The summed E-state index contributed by atoms with van der Waals surface area (Å²) >= 11 is 0. The molecule has 1 atom stereocenters. The van der Waals surface area contributed by atoms with Crippen LogP contribution < -0.4 is 14.4 Å². The van der Waals surface area contributed by atoms with Crippen molar-refractivity contribution in [3.8, 4) is 5.75 Å². The molecule has 198 valence electrons. The number of carbonyl (C=O) groups excluding carboxylic acids is 2. The zero-order valence-electron chi connectivity index (χ0n) is 21.8. The summed E-state index contributed by atoms with van der Waals surface area (Å²) in [6, 6.07) is 15.8. The van der Waals surface area contributed by atoms with Gasteiger partial charge in [0.15, 0.2) is 0 Å². The van der Waals surface area contributed by atoms with E-state index in [9.17, 15) is 18.0 Å². The van der Waals surface area contributed by atoms with E-state index in [2.05, 4.69) is 12.2 Å². The van der Waals surface area contributed by atoms with Gasteiger partial charge in [-0.3, -0.25) is 13.9 Å². The summed E-state index contributed by atoms with van der Waals surface area (Å²) in [4.78, 5) is 28.0. The van der Waals surface area contributed by atoms with Gasteiger partial charge in [0.1, 0.15) is 11.8 Å². The van der Waals surface area contributed by atoms with Gasteiger partial charge in [-0.25, -0.2) is 8.42 Å². The van der Waals surface area contributed by atoms with Crippen LogP contribution >= 0.6 is 0 Å². The normalized spacial score (nSPS) is 12.0. The molecular formula is C27H39N3O5S. The molecule has 1 N–H and O–H groups in total. The number of hydrogen-bond donors (Lipinski definition) is 1. The lowest BCUT2D eigenvalue weighted by atomic mass is 10.1. The highest BCUT2D eigenvalue weighted by Crippen LogP contribution is 2.24. The average Bonchev–Trinajstić information content (AvgIpc) is 2.86. The first kappa shape index (κ1) is 29.2. The Morgan fingerprint density at radius 2 is 1.75 bits per heavy atom. The van der Waals surface area contributed by atoms with E-state index in [0.717, 1.165) is 24.7 Å². The van der Waals surface area contributed by atoms with Gasteiger partial charge in [0.2, 0.25) is 21.8 Å². The van der Waals surface area contributed by atoms with E-state index in [1.165, 1.54) is 11.4 Å². The molecule has 0 saturated carbocycles. The molecular weight excluding hydrogens is 478 g/mol. The third-order valence-electron chi connectivity index (χ3n) is 5.90. The van der Waals surface area contributed by atoms with Gasteiger partial charge in [-0.1, -0.05) is 56.7 Å². The van der Waals surface area contributed by atoms with Crippen LogP contribution in [0.3, 0.4) is 0 Å². The number of carbonyl (C=O) groups is 2. The van der Waals surface area contributed by atoms with Crippen molar-refractivity contribution in [2.24, 2.45) is 0 Å². The Balaban J connectivity index is 2.17. The van der Waals surface area contributed by atoms with Crippen molar-refractivity contribution in [1.29, 1.82) is 0 Å². The van der Waals surface area contributed by atoms with Crippen LogP contribution in [0.4, 0.5) is 5.69 Å². The minimum atomic E-state index is -3.57. The van der Waals surface area contributed by atoms with Gasteiger partial charge < -0.3 is 15.0 Å². The maximum Gasteiger partial charge on any atom is 0.242 e. The lowest BCUT2D eigenvalue weighted by molar-refractivity contribution is -0.141. The van der Waals surface area contributed by atoms with Crippen LogP contribution in [0.2, 0.25) is 0 Å². The second-order valence-corrected chi connectivity index (χ2v) is 10.6. The highest BCUT2D eigenvalue weighted by atomic mass is 32.2. The molecule has 2 amide bonds. The van der Waals surface area contributed by atoms with Crippen LogP contribution in [0.5, 0.6) is 5.75 Å². The van der Waals surface area contributed by atoms with Crippen molar-refractivity contribution in [2.45, 2.75) is 58.5 Å². The Kier molecular flexibility index (Phi) is 11.7. The van der Waals surface area contributed by atoms with Crippen LogP contribution in [0.25, 0.3) is 0 Å². The standard InChI is InChI=1S/C27H39N3O5S/c1-5-7-18-28-27(32)25(6-2)29(21-22-13-9-8-10-14-22)26(31)17-12-19-30(36(4,33)34)23-15-11-16-24(20-23)35-3/h8-11,13-16,20,25H,5-7,12,17-19,21H2,1-4H3,(H,28,32)/t25-/m1/s1. The number of rotatable bonds is 15. The number of ether oxygens (including phenoxy) is 1. The van der Waals surface area contributed by atoms with Gasteiger partial charge >= 0.3 is 0 Å². The maximum atomic E-state index is 13.4. The second kappa shape index (κ2) is 14.5. The fourth-order valence-corrected chi connectivity index (χ4v) is 4.93. The Hall–Kier alpha value is -3.07. The molecule has 0 aliphatic heterocycles. The molecule has 0 heterocycles. The first-order valence-corrected chi connectivity index (χ1v) is 14.3. The summed E-state index contributed by atoms with van der Waals surface area (Å²) in [5.74, 6) is 0.200. The van der Waals surface area contributed by atoms with Gasteiger partial charge in [0.25, 0.3) is 0 Å². The van der Waals surface area contributed by atoms with E-state index < -0.39 is 16.1 Å².